The van der Waals surface area contributed by atoms with Gasteiger partial charge in [0.25, 0.3) is 0 Å². The smallest absolute Gasteiger partial charge is 0.313 e. The fourth-order valence-corrected chi connectivity index (χ4v) is 3.90. The molecular formula is C15H12O2S2. The maximum Gasteiger partial charge on any atom is 0.313 e. The second-order valence-electron chi connectivity index (χ2n) is 4.32. The molecule has 0 amide bonds. The summed E-state index contributed by atoms with van der Waals surface area (Å²) >= 11 is 3.23. The first-order chi connectivity index (χ1) is 9.24. The topological polar surface area (TPSA) is 37.3 Å². The summed E-state index contributed by atoms with van der Waals surface area (Å²) in [5.74, 6) is 0.140. The van der Waals surface area contributed by atoms with Crippen LogP contribution in [0.15, 0.2) is 42.5 Å². The fraction of sp³-hybridized carbons (Fsp3) is 0.133. The molecule has 3 rings (SSSR count). The Hall–Kier alpha value is -1.52. The van der Waals surface area contributed by atoms with E-state index in [0.717, 1.165) is 5.75 Å². The summed E-state index contributed by atoms with van der Waals surface area (Å²) in [6.45, 7) is 0. The van der Waals surface area contributed by atoms with E-state index in [1.807, 2.05) is 0 Å². The average Bonchev–Trinajstić information content (AvgIpc) is 2.76. The SMILES string of the molecule is O=C(O)CSCc1ccc2sc3ccccc3c2c1. The number of aliphatic carboxylic acids is 1. The molecule has 0 atom stereocenters. The monoisotopic (exact) mass is 288 g/mol. The van der Waals surface area contributed by atoms with Gasteiger partial charge in [0.2, 0.25) is 0 Å². The first-order valence-electron chi connectivity index (χ1n) is 5.94. The van der Waals surface area contributed by atoms with Crippen LogP contribution in [0.4, 0.5) is 0 Å². The lowest BCUT2D eigenvalue weighted by atomic mass is 10.1. The maximum atomic E-state index is 10.5. The number of rotatable bonds is 4. The van der Waals surface area contributed by atoms with Gasteiger partial charge in [-0.05, 0) is 23.8 Å². The lowest BCUT2D eigenvalue weighted by Crippen LogP contribution is -1.98. The number of thioether (sulfide) groups is 1. The summed E-state index contributed by atoms with van der Waals surface area (Å²) < 4.78 is 2.58. The predicted molar refractivity (Wildman–Crippen MR) is 83.1 cm³/mol. The fourth-order valence-electron chi connectivity index (χ4n) is 2.12. The predicted octanol–water partition coefficient (Wildman–Crippen LogP) is 4.37. The number of thiophene rings is 1. The third-order valence-corrected chi connectivity index (χ3v) is 5.08. The van der Waals surface area contributed by atoms with E-state index >= 15 is 0 Å². The van der Waals surface area contributed by atoms with Crippen molar-refractivity contribution in [3.8, 4) is 0 Å². The van der Waals surface area contributed by atoms with Crippen molar-refractivity contribution in [3.05, 3.63) is 48.0 Å². The number of fused-ring (bicyclic) bond motifs is 3. The molecule has 0 fully saturated rings. The van der Waals surface area contributed by atoms with E-state index in [1.165, 1.54) is 37.5 Å². The van der Waals surface area contributed by atoms with Gasteiger partial charge in [-0.3, -0.25) is 4.79 Å². The lowest BCUT2D eigenvalue weighted by molar-refractivity contribution is -0.133. The molecule has 1 aromatic heterocycles. The molecule has 0 aliphatic heterocycles. The van der Waals surface area contributed by atoms with Gasteiger partial charge in [0.1, 0.15) is 0 Å². The van der Waals surface area contributed by atoms with Crippen LogP contribution >= 0.6 is 23.1 Å². The first-order valence-corrected chi connectivity index (χ1v) is 7.91. The Morgan fingerprint density at radius 2 is 1.89 bits per heavy atom. The minimum Gasteiger partial charge on any atom is -0.481 e. The highest BCUT2D eigenvalue weighted by Gasteiger charge is 2.05. The molecule has 19 heavy (non-hydrogen) atoms. The Morgan fingerprint density at radius 1 is 1.11 bits per heavy atom. The van der Waals surface area contributed by atoms with Crippen LogP contribution in [-0.2, 0) is 10.5 Å². The standard InChI is InChI=1S/C15H12O2S2/c16-15(17)9-18-8-10-5-6-14-12(7-10)11-3-1-2-4-13(11)19-14/h1-7H,8-9H2,(H,16,17). The average molecular weight is 288 g/mol. The molecule has 0 aliphatic carbocycles. The quantitative estimate of drug-likeness (QED) is 0.774. The molecule has 96 valence electrons. The minimum atomic E-state index is -0.757. The summed E-state index contributed by atoms with van der Waals surface area (Å²) in [6.07, 6.45) is 0. The first kappa shape index (κ1) is 12.5. The number of carbonyl (C=O) groups is 1. The van der Waals surface area contributed by atoms with Gasteiger partial charge < -0.3 is 5.11 Å². The Morgan fingerprint density at radius 3 is 2.74 bits per heavy atom. The van der Waals surface area contributed by atoms with Crippen molar-refractivity contribution in [2.45, 2.75) is 5.75 Å². The van der Waals surface area contributed by atoms with E-state index in [4.69, 9.17) is 5.11 Å². The van der Waals surface area contributed by atoms with Crippen LogP contribution in [0.1, 0.15) is 5.56 Å². The molecule has 1 N–H and O–H groups in total. The largest absolute Gasteiger partial charge is 0.481 e. The van der Waals surface area contributed by atoms with E-state index in [2.05, 4.69) is 42.5 Å². The maximum absolute atomic E-state index is 10.5. The molecule has 3 aromatic rings. The van der Waals surface area contributed by atoms with Crippen LogP contribution in [0.3, 0.4) is 0 Å². The van der Waals surface area contributed by atoms with Gasteiger partial charge >= 0.3 is 5.97 Å². The van der Waals surface area contributed by atoms with Gasteiger partial charge in [0.05, 0.1) is 5.75 Å². The van der Waals surface area contributed by atoms with Crippen LogP contribution in [0, 0.1) is 0 Å². The molecule has 1 heterocycles. The zero-order valence-corrected chi connectivity index (χ0v) is 11.8. The van der Waals surface area contributed by atoms with E-state index in [9.17, 15) is 4.79 Å². The van der Waals surface area contributed by atoms with Crippen molar-refractivity contribution in [3.63, 3.8) is 0 Å². The van der Waals surface area contributed by atoms with Gasteiger partial charge in [-0.2, -0.15) is 0 Å². The molecular weight excluding hydrogens is 276 g/mol. The highest BCUT2D eigenvalue weighted by atomic mass is 32.2. The third kappa shape index (κ3) is 2.60. The van der Waals surface area contributed by atoms with E-state index in [1.54, 1.807) is 11.3 Å². The van der Waals surface area contributed by atoms with Crippen molar-refractivity contribution in [1.29, 1.82) is 0 Å². The Kier molecular flexibility index (Phi) is 3.44. The van der Waals surface area contributed by atoms with Crippen molar-refractivity contribution >= 4 is 49.2 Å². The Balaban J connectivity index is 1.95. The molecule has 4 heteroatoms. The Labute approximate surface area is 119 Å². The highest BCUT2D eigenvalue weighted by Crippen LogP contribution is 2.34. The summed E-state index contributed by atoms with van der Waals surface area (Å²) in [5.41, 5.74) is 1.18. The van der Waals surface area contributed by atoms with Gasteiger partial charge in [0, 0.05) is 25.9 Å². The number of hydrogen-bond donors (Lipinski definition) is 1. The zero-order valence-electron chi connectivity index (χ0n) is 10.1. The van der Waals surface area contributed by atoms with Crippen LogP contribution in [0.5, 0.6) is 0 Å². The molecule has 0 radical (unpaired) electrons. The van der Waals surface area contributed by atoms with Crippen LogP contribution in [-0.4, -0.2) is 16.8 Å². The molecule has 0 bridgehead atoms. The molecule has 0 unspecified atom stereocenters. The molecule has 2 nitrogen and oxygen atoms in total. The van der Waals surface area contributed by atoms with E-state index in [0.29, 0.717) is 0 Å². The van der Waals surface area contributed by atoms with Crippen LogP contribution in [0.2, 0.25) is 0 Å². The minimum absolute atomic E-state index is 0.155. The van der Waals surface area contributed by atoms with Gasteiger partial charge in [-0.15, -0.1) is 23.1 Å². The molecule has 0 saturated carbocycles. The molecule has 0 aliphatic rings. The van der Waals surface area contributed by atoms with Crippen molar-refractivity contribution in [2.24, 2.45) is 0 Å². The summed E-state index contributed by atoms with van der Waals surface area (Å²) in [6, 6.07) is 14.8. The number of hydrogen-bond acceptors (Lipinski definition) is 3. The number of carboxylic acids is 1. The van der Waals surface area contributed by atoms with Crippen molar-refractivity contribution in [1.82, 2.24) is 0 Å². The molecule has 2 aromatic carbocycles. The zero-order chi connectivity index (χ0) is 13.2. The van der Waals surface area contributed by atoms with E-state index in [-0.39, 0.29) is 5.75 Å². The second kappa shape index (κ2) is 5.23. The van der Waals surface area contributed by atoms with Crippen LogP contribution in [0.25, 0.3) is 20.2 Å². The Bertz CT molecular complexity index is 746. The highest BCUT2D eigenvalue weighted by molar-refractivity contribution is 7.99. The summed E-state index contributed by atoms with van der Waals surface area (Å²) in [7, 11) is 0. The lowest BCUT2D eigenvalue weighted by Gasteiger charge is -2.00. The summed E-state index contributed by atoms with van der Waals surface area (Å²) in [5, 5.41) is 11.2. The van der Waals surface area contributed by atoms with Crippen molar-refractivity contribution < 1.29 is 9.90 Å². The summed E-state index contributed by atoms with van der Waals surface area (Å²) in [4.78, 5) is 10.5. The molecule has 0 spiro atoms. The molecule has 0 saturated heterocycles. The van der Waals surface area contributed by atoms with Crippen molar-refractivity contribution in [2.75, 3.05) is 5.75 Å². The second-order valence-corrected chi connectivity index (χ2v) is 6.38. The third-order valence-electron chi connectivity index (χ3n) is 2.94. The number of carboxylic acid groups (broad SMARTS) is 1. The van der Waals surface area contributed by atoms with Crippen LogP contribution < -0.4 is 0 Å². The van der Waals surface area contributed by atoms with Gasteiger partial charge in [-0.25, -0.2) is 0 Å². The normalized spacial score (nSPS) is 11.2. The van der Waals surface area contributed by atoms with Gasteiger partial charge in [0.15, 0.2) is 0 Å². The van der Waals surface area contributed by atoms with E-state index < -0.39 is 5.97 Å². The number of benzene rings is 2. The van der Waals surface area contributed by atoms with Gasteiger partial charge in [-0.1, -0.05) is 24.3 Å².